The molecule has 3 N–H and O–H groups in total. The normalized spacial score (nSPS) is 10.4. The molecule has 0 aliphatic heterocycles. The van der Waals surface area contributed by atoms with E-state index in [0.29, 0.717) is 28.0 Å². The van der Waals surface area contributed by atoms with Crippen molar-refractivity contribution in [2.45, 2.75) is 23.9 Å². The van der Waals surface area contributed by atoms with Gasteiger partial charge in [-0.1, -0.05) is 0 Å². The Morgan fingerprint density at radius 1 is 1.58 bits per heavy atom. The summed E-state index contributed by atoms with van der Waals surface area (Å²) in [6.07, 6.45) is 1.51. The third-order valence-corrected chi connectivity index (χ3v) is 3.07. The third-order valence-electron chi connectivity index (χ3n) is 2.16. The number of nitrogen functional groups attached to an aromatic ring is 1. The van der Waals surface area contributed by atoms with E-state index >= 15 is 0 Å². The summed E-state index contributed by atoms with van der Waals surface area (Å²) in [5.41, 5.74) is 5.96. The van der Waals surface area contributed by atoms with Gasteiger partial charge in [0.25, 0.3) is 0 Å². The van der Waals surface area contributed by atoms with Crippen molar-refractivity contribution in [2.24, 2.45) is 0 Å². The first kappa shape index (κ1) is 13.3. The van der Waals surface area contributed by atoms with E-state index in [0.717, 1.165) is 0 Å². The Morgan fingerprint density at radius 3 is 3.00 bits per heavy atom. The van der Waals surface area contributed by atoms with E-state index < -0.39 is 5.97 Å². The van der Waals surface area contributed by atoms with E-state index in [1.165, 1.54) is 24.0 Å². The van der Waals surface area contributed by atoms with Gasteiger partial charge in [-0.3, -0.25) is 5.10 Å². The van der Waals surface area contributed by atoms with Crippen LogP contribution in [0.15, 0.2) is 22.3 Å². The zero-order chi connectivity index (χ0) is 13.8. The molecule has 0 radical (unpaired) electrons. The van der Waals surface area contributed by atoms with Crippen LogP contribution in [-0.2, 0) is 4.74 Å². The fourth-order valence-electron chi connectivity index (χ4n) is 1.37. The number of esters is 1. The Labute approximate surface area is 114 Å². The molecule has 0 unspecified atom stereocenters. The zero-order valence-electron chi connectivity index (χ0n) is 10.5. The molecule has 7 nitrogen and oxygen atoms in total. The average Bonchev–Trinajstić information content (AvgIpc) is 2.77. The second-order valence-electron chi connectivity index (χ2n) is 3.63. The molecule has 19 heavy (non-hydrogen) atoms. The Hall–Kier alpha value is -2.09. The Bertz CT molecular complexity index is 599. The maximum absolute atomic E-state index is 11.8. The largest absolute Gasteiger partial charge is 0.462 e. The van der Waals surface area contributed by atoms with Gasteiger partial charge in [0.2, 0.25) is 5.16 Å². The lowest BCUT2D eigenvalue weighted by Crippen LogP contribution is -2.07. The van der Waals surface area contributed by atoms with Crippen LogP contribution in [0, 0.1) is 6.92 Å². The molecule has 0 amide bonds. The molecule has 2 rings (SSSR count). The molecule has 2 heterocycles. The lowest BCUT2D eigenvalue weighted by molar-refractivity contribution is 0.0522. The number of nitrogens with zero attached hydrogens (tertiary/aromatic N) is 3. The number of aromatic nitrogens is 4. The predicted molar refractivity (Wildman–Crippen MR) is 69.8 cm³/mol. The summed E-state index contributed by atoms with van der Waals surface area (Å²) in [6, 6.07) is 1.49. The highest BCUT2D eigenvalue weighted by atomic mass is 32.2. The van der Waals surface area contributed by atoms with Gasteiger partial charge in [-0.05, 0) is 31.7 Å². The van der Waals surface area contributed by atoms with Gasteiger partial charge in [0.05, 0.1) is 12.2 Å². The first-order chi connectivity index (χ1) is 9.10. The van der Waals surface area contributed by atoms with Crippen molar-refractivity contribution in [2.75, 3.05) is 12.3 Å². The van der Waals surface area contributed by atoms with Crippen LogP contribution in [-0.4, -0.2) is 32.7 Å². The molecular formula is C11H13N5O2S. The summed E-state index contributed by atoms with van der Waals surface area (Å²) in [7, 11) is 0. The fourth-order valence-corrected chi connectivity index (χ4v) is 2.20. The smallest absolute Gasteiger partial charge is 0.339 e. The van der Waals surface area contributed by atoms with Crippen molar-refractivity contribution >= 4 is 23.5 Å². The van der Waals surface area contributed by atoms with E-state index in [1.54, 1.807) is 13.8 Å². The zero-order valence-corrected chi connectivity index (χ0v) is 11.3. The number of ether oxygens (including phenoxy) is 1. The number of hydrogen-bond acceptors (Lipinski definition) is 7. The van der Waals surface area contributed by atoms with Crippen LogP contribution in [0.1, 0.15) is 23.1 Å². The number of pyridine rings is 1. The van der Waals surface area contributed by atoms with Crippen LogP contribution < -0.4 is 5.73 Å². The lowest BCUT2D eigenvalue weighted by atomic mass is 10.2. The van der Waals surface area contributed by atoms with Gasteiger partial charge in [-0.2, -0.15) is 0 Å². The summed E-state index contributed by atoms with van der Waals surface area (Å²) in [5, 5.41) is 7.24. The van der Waals surface area contributed by atoms with E-state index in [-0.39, 0.29) is 5.82 Å². The summed E-state index contributed by atoms with van der Waals surface area (Å²) in [5.74, 6) is 0.522. The first-order valence-corrected chi connectivity index (χ1v) is 6.41. The van der Waals surface area contributed by atoms with E-state index in [2.05, 4.69) is 20.2 Å². The molecule has 0 spiro atoms. The van der Waals surface area contributed by atoms with Crippen LogP contribution in [0.5, 0.6) is 0 Å². The number of carbonyl (C=O) groups is 1. The van der Waals surface area contributed by atoms with Gasteiger partial charge in [-0.15, -0.1) is 5.10 Å². The van der Waals surface area contributed by atoms with E-state index in [9.17, 15) is 4.79 Å². The second kappa shape index (κ2) is 5.70. The van der Waals surface area contributed by atoms with Gasteiger partial charge in [0.1, 0.15) is 11.6 Å². The minimum absolute atomic E-state index is 0.263. The van der Waals surface area contributed by atoms with Crippen molar-refractivity contribution in [3.63, 3.8) is 0 Å². The second-order valence-corrected chi connectivity index (χ2v) is 4.64. The molecule has 0 atom stereocenters. The monoisotopic (exact) mass is 279 g/mol. The standard InChI is InChI=1S/C11H13N5O2S/c1-3-18-10(17)7-4-9(12)13-5-8(7)19-11-14-6(2)15-16-11/h4-5H,3H2,1-2H3,(H2,12,13)(H,14,15,16). The summed E-state index contributed by atoms with van der Waals surface area (Å²) in [6.45, 7) is 3.84. The summed E-state index contributed by atoms with van der Waals surface area (Å²) >= 11 is 1.23. The number of nitrogens with one attached hydrogen (secondary N) is 1. The van der Waals surface area contributed by atoms with Gasteiger partial charge in [0, 0.05) is 11.1 Å². The molecule has 0 saturated carbocycles. The molecule has 0 aliphatic carbocycles. The average molecular weight is 279 g/mol. The maximum atomic E-state index is 11.8. The van der Waals surface area contributed by atoms with Crippen LogP contribution in [0.4, 0.5) is 5.82 Å². The summed E-state index contributed by atoms with van der Waals surface area (Å²) < 4.78 is 4.98. The molecule has 2 aromatic heterocycles. The molecule has 0 aliphatic rings. The number of H-pyrrole nitrogens is 1. The number of nitrogens with two attached hydrogens (primary N) is 1. The highest BCUT2D eigenvalue weighted by Gasteiger charge is 2.16. The van der Waals surface area contributed by atoms with Crippen LogP contribution in [0.25, 0.3) is 0 Å². The molecule has 100 valence electrons. The number of hydrogen-bond donors (Lipinski definition) is 2. The molecule has 0 bridgehead atoms. The quantitative estimate of drug-likeness (QED) is 0.815. The van der Waals surface area contributed by atoms with Crippen LogP contribution in [0.2, 0.25) is 0 Å². The molecule has 0 saturated heterocycles. The van der Waals surface area contributed by atoms with Crippen molar-refractivity contribution in [3.8, 4) is 0 Å². The molecule has 0 fully saturated rings. The Kier molecular flexibility index (Phi) is 4.00. The third kappa shape index (κ3) is 3.22. The predicted octanol–water partition coefficient (Wildman–Crippen LogP) is 1.42. The minimum Gasteiger partial charge on any atom is -0.462 e. The Balaban J connectivity index is 2.31. The fraction of sp³-hybridized carbons (Fsp3) is 0.273. The number of rotatable bonds is 4. The molecule has 2 aromatic rings. The van der Waals surface area contributed by atoms with Crippen LogP contribution in [0.3, 0.4) is 0 Å². The first-order valence-electron chi connectivity index (χ1n) is 5.59. The van der Waals surface area contributed by atoms with Crippen LogP contribution >= 0.6 is 11.8 Å². The lowest BCUT2D eigenvalue weighted by Gasteiger charge is -2.07. The van der Waals surface area contributed by atoms with E-state index in [1.807, 2.05) is 0 Å². The SMILES string of the molecule is CCOC(=O)c1cc(N)ncc1Sc1n[nH]c(C)n1. The van der Waals surface area contributed by atoms with E-state index in [4.69, 9.17) is 10.5 Å². The maximum Gasteiger partial charge on any atom is 0.339 e. The number of carbonyl (C=O) groups excluding carboxylic acids is 1. The molecule has 8 heteroatoms. The topological polar surface area (TPSA) is 107 Å². The van der Waals surface area contributed by atoms with Gasteiger partial charge in [-0.25, -0.2) is 14.8 Å². The van der Waals surface area contributed by atoms with Gasteiger partial charge in [0.15, 0.2) is 0 Å². The van der Waals surface area contributed by atoms with Gasteiger partial charge >= 0.3 is 5.97 Å². The molecular weight excluding hydrogens is 266 g/mol. The highest BCUT2D eigenvalue weighted by Crippen LogP contribution is 2.28. The van der Waals surface area contributed by atoms with Crippen molar-refractivity contribution in [3.05, 3.63) is 23.7 Å². The minimum atomic E-state index is -0.439. The molecule has 0 aromatic carbocycles. The highest BCUT2D eigenvalue weighted by molar-refractivity contribution is 7.99. The summed E-state index contributed by atoms with van der Waals surface area (Å²) in [4.78, 5) is 20.6. The van der Waals surface area contributed by atoms with Crippen molar-refractivity contribution in [1.82, 2.24) is 20.2 Å². The number of aryl methyl sites for hydroxylation is 1. The van der Waals surface area contributed by atoms with Crippen molar-refractivity contribution < 1.29 is 9.53 Å². The van der Waals surface area contributed by atoms with Crippen molar-refractivity contribution in [1.29, 1.82) is 0 Å². The number of anilines is 1. The Morgan fingerprint density at radius 2 is 2.37 bits per heavy atom. The number of aromatic amines is 1. The van der Waals surface area contributed by atoms with Gasteiger partial charge < -0.3 is 10.5 Å².